The Morgan fingerprint density at radius 3 is 2.60 bits per heavy atom. The van der Waals surface area contributed by atoms with E-state index in [-0.39, 0.29) is 6.10 Å². The number of nitrogens with zero attached hydrogens (tertiary/aromatic N) is 1. The molecule has 0 bridgehead atoms. The Balaban J connectivity index is 1.86. The van der Waals surface area contributed by atoms with Crippen LogP contribution in [0, 0.1) is 0 Å². The standard InChI is InChI=1S/C18H35NO/c1-3-5-6-7-12-18(20)17-14-13-16-11-8-10-15(9-4-2)19(16)17/h15-18,20H,3-14H2,1-2H3/t15-,16-,17-,18+/m0/s1. The van der Waals surface area contributed by atoms with Crippen LogP contribution in [0.2, 0.25) is 0 Å². The topological polar surface area (TPSA) is 23.5 Å². The van der Waals surface area contributed by atoms with E-state index < -0.39 is 0 Å². The fourth-order valence-electron chi connectivity index (χ4n) is 4.52. The summed E-state index contributed by atoms with van der Waals surface area (Å²) in [5, 5.41) is 10.6. The van der Waals surface area contributed by atoms with Crippen LogP contribution in [-0.2, 0) is 0 Å². The Kier molecular flexibility index (Phi) is 6.83. The molecule has 2 aliphatic rings. The van der Waals surface area contributed by atoms with Gasteiger partial charge in [0.05, 0.1) is 6.10 Å². The molecule has 2 saturated heterocycles. The molecule has 0 spiro atoms. The highest BCUT2D eigenvalue weighted by Gasteiger charge is 2.42. The first-order chi connectivity index (χ1) is 9.77. The molecule has 2 rings (SSSR count). The van der Waals surface area contributed by atoms with E-state index in [0.717, 1.165) is 18.5 Å². The first kappa shape index (κ1) is 16.3. The highest BCUT2D eigenvalue weighted by molar-refractivity contribution is 4.97. The molecule has 1 N–H and O–H groups in total. The van der Waals surface area contributed by atoms with Crippen LogP contribution in [-0.4, -0.2) is 34.2 Å². The summed E-state index contributed by atoms with van der Waals surface area (Å²) in [6.07, 6.45) is 15.4. The molecular formula is C18H35NO. The molecule has 2 fully saturated rings. The van der Waals surface area contributed by atoms with Crippen molar-refractivity contribution in [3.63, 3.8) is 0 Å². The summed E-state index contributed by atoms with van der Waals surface area (Å²) in [6, 6.07) is 2.02. The Hall–Kier alpha value is -0.0800. The van der Waals surface area contributed by atoms with Gasteiger partial charge in [0.15, 0.2) is 0 Å². The van der Waals surface area contributed by atoms with Gasteiger partial charge in [0, 0.05) is 18.1 Å². The second kappa shape index (κ2) is 8.38. The number of rotatable bonds is 8. The van der Waals surface area contributed by atoms with Crippen molar-refractivity contribution in [2.45, 2.75) is 115 Å². The van der Waals surface area contributed by atoms with Crippen LogP contribution >= 0.6 is 0 Å². The van der Waals surface area contributed by atoms with Gasteiger partial charge in [-0.1, -0.05) is 52.4 Å². The van der Waals surface area contributed by atoms with Crippen molar-refractivity contribution < 1.29 is 5.11 Å². The van der Waals surface area contributed by atoms with Crippen molar-refractivity contribution in [2.24, 2.45) is 0 Å². The van der Waals surface area contributed by atoms with Crippen LogP contribution in [0.4, 0.5) is 0 Å². The zero-order chi connectivity index (χ0) is 14.4. The molecule has 0 aromatic carbocycles. The summed E-state index contributed by atoms with van der Waals surface area (Å²) in [5.41, 5.74) is 0. The normalized spacial score (nSPS) is 32.2. The molecule has 0 saturated carbocycles. The summed E-state index contributed by atoms with van der Waals surface area (Å²) in [6.45, 7) is 4.55. The zero-order valence-electron chi connectivity index (χ0n) is 13.7. The fourth-order valence-corrected chi connectivity index (χ4v) is 4.52. The molecule has 118 valence electrons. The molecule has 2 heteroatoms. The largest absolute Gasteiger partial charge is 0.391 e. The van der Waals surface area contributed by atoms with Crippen molar-refractivity contribution in [1.82, 2.24) is 4.90 Å². The minimum absolute atomic E-state index is 0.0747. The molecule has 0 unspecified atom stereocenters. The molecule has 20 heavy (non-hydrogen) atoms. The minimum Gasteiger partial charge on any atom is -0.391 e. The SMILES string of the molecule is CCCCCC[C@@H](O)[C@@H]1CC[C@@H]2CCC[C@H](CCC)N21. The van der Waals surface area contributed by atoms with E-state index in [1.807, 2.05) is 0 Å². The van der Waals surface area contributed by atoms with Crippen LogP contribution in [0.15, 0.2) is 0 Å². The lowest BCUT2D eigenvalue weighted by atomic mass is 9.92. The van der Waals surface area contributed by atoms with Gasteiger partial charge in [0.1, 0.15) is 0 Å². The van der Waals surface area contributed by atoms with Crippen LogP contribution in [0.25, 0.3) is 0 Å². The maximum atomic E-state index is 10.6. The first-order valence-corrected chi connectivity index (χ1v) is 9.23. The van der Waals surface area contributed by atoms with Gasteiger partial charge in [-0.25, -0.2) is 0 Å². The number of unbranched alkanes of at least 4 members (excludes halogenated alkanes) is 3. The molecular weight excluding hydrogens is 246 g/mol. The molecule has 2 nitrogen and oxygen atoms in total. The number of piperidine rings is 1. The quantitative estimate of drug-likeness (QED) is 0.662. The molecule has 2 heterocycles. The van der Waals surface area contributed by atoms with E-state index in [4.69, 9.17) is 0 Å². The molecule has 0 aliphatic carbocycles. The highest BCUT2D eigenvalue weighted by atomic mass is 16.3. The molecule has 4 atom stereocenters. The highest BCUT2D eigenvalue weighted by Crippen LogP contribution is 2.38. The third-order valence-electron chi connectivity index (χ3n) is 5.52. The second-order valence-corrected chi connectivity index (χ2v) is 7.04. The van der Waals surface area contributed by atoms with E-state index >= 15 is 0 Å². The molecule has 0 radical (unpaired) electrons. The van der Waals surface area contributed by atoms with Crippen LogP contribution in [0.3, 0.4) is 0 Å². The predicted octanol–water partition coefficient (Wildman–Crippen LogP) is 4.50. The number of aliphatic hydroxyl groups is 1. The monoisotopic (exact) mass is 281 g/mol. The third-order valence-corrected chi connectivity index (χ3v) is 5.52. The van der Waals surface area contributed by atoms with Gasteiger partial charge in [-0.15, -0.1) is 0 Å². The van der Waals surface area contributed by atoms with Gasteiger partial charge in [-0.05, 0) is 38.5 Å². The summed E-state index contributed by atoms with van der Waals surface area (Å²) < 4.78 is 0. The van der Waals surface area contributed by atoms with Crippen molar-refractivity contribution in [3.05, 3.63) is 0 Å². The summed E-state index contributed by atoms with van der Waals surface area (Å²) in [4.78, 5) is 2.75. The number of fused-ring (bicyclic) bond motifs is 1. The van der Waals surface area contributed by atoms with E-state index in [0.29, 0.717) is 6.04 Å². The zero-order valence-corrected chi connectivity index (χ0v) is 13.7. The molecule has 0 aromatic rings. The van der Waals surface area contributed by atoms with Crippen LogP contribution in [0.1, 0.15) is 90.9 Å². The minimum atomic E-state index is -0.0747. The summed E-state index contributed by atoms with van der Waals surface area (Å²) >= 11 is 0. The van der Waals surface area contributed by atoms with Crippen molar-refractivity contribution in [1.29, 1.82) is 0 Å². The van der Waals surface area contributed by atoms with Crippen molar-refractivity contribution in [3.8, 4) is 0 Å². The second-order valence-electron chi connectivity index (χ2n) is 7.04. The Morgan fingerprint density at radius 1 is 1.00 bits per heavy atom. The molecule has 2 aliphatic heterocycles. The number of hydrogen-bond acceptors (Lipinski definition) is 2. The number of aliphatic hydroxyl groups excluding tert-OH is 1. The van der Waals surface area contributed by atoms with Crippen LogP contribution < -0.4 is 0 Å². The lowest BCUT2D eigenvalue weighted by Gasteiger charge is -2.43. The predicted molar refractivity (Wildman–Crippen MR) is 86.0 cm³/mol. The van der Waals surface area contributed by atoms with Gasteiger partial charge in [-0.3, -0.25) is 4.90 Å². The molecule has 0 amide bonds. The first-order valence-electron chi connectivity index (χ1n) is 9.23. The Morgan fingerprint density at radius 2 is 1.85 bits per heavy atom. The Bertz CT molecular complexity index is 266. The average Bonchev–Trinajstić information content (AvgIpc) is 2.89. The number of hydrogen-bond donors (Lipinski definition) is 1. The summed E-state index contributed by atoms with van der Waals surface area (Å²) in [7, 11) is 0. The average molecular weight is 281 g/mol. The van der Waals surface area contributed by atoms with E-state index in [1.54, 1.807) is 0 Å². The van der Waals surface area contributed by atoms with Crippen molar-refractivity contribution in [2.75, 3.05) is 0 Å². The van der Waals surface area contributed by atoms with Gasteiger partial charge in [0.2, 0.25) is 0 Å². The Labute approximate surface area is 125 Å². The van der Waals surface area contributed by atoms with E-state index in [2.05, 4.69) is 18.7 Å². The van der Waals surface area contributed by atoms with Crippen molar-refractivity contribution >= 4 is 0 Å². The van der Waals surface area contributed by atoms with Gasteiger partial charge >= 0.3 is 0 Å². The lowest BCUT2D eigenvalue weighted by molar-refractivity contribution is 0.00298. The molecule has 0 aromatic heterocycles. The maximum Gasteiger partial charge on any atom is 0.0695 e. The fraction of sp³-hybridized carbons (Fsp3) is 1.00. The van der Waals surface area contributed by atoms with E-state index in [1.165, 1.54) is 70.6 Å². The van der Waals surface area contributed by atoms with Crippen LogP contribution in [0.5, 0.6) is 0 Å². The van der Waals surface area contributed by atoms with E-state index in [9.17, 15) is 5.11 Å². The van der Waals surface area contributed by atoms with Gasteiger partial charge < -0.3 is 5.11 Å². The van der Waals surface area contributed by atoms with Gasteiger partial charge in [0.25, 0.3) is 0 Å². The van der Waals surface area contributed by atoms with Gasteiger partial charge in [-0.2, -0.15) is 0 Å². The smallest absolute Gasteiger partial charge is 0.0695 e. The lowest BCUT2D eigenvalue weighted by Crippen LogP contribution is -2.51. The third kappa shape index (κ3) is 3.98. The maximum absolute atomic E-state index is 10.6. The summed E-state index contributed by atoms with van der Waals surface area (Å²) in [5.74, 6) is 0.